The van der Waals surface area contributed by atoms with Gasteiger partial charge in [0.05, 0.1) is 12.8 Å². The fourth-order valence-corrected chi connectivity index (χ4v) is 2.47. The molecule has 0 radical (unpaired) electrons. The molecule has 0 spiro atoms. The highest BCUT2D eigenvalue weighted by Crippen LogP contribution is 2.26. The van der Waals surface area contributed by atoms with Crippen LogP contribution < -0.4 is 14.9 Å². The van der Waals surface area contributed by atoms with Crippen molar-refractivity contribution >= 4 is 23.7 Å². The Bertz CT molecular complexity index is 781. The van der Waals surface area contributed by atoms with Crippen LogP contribution in [-0.2, 0) is 4.79 Å². The van der Waals surface area contributed by atoms with Crippen molar-refractivity contribution in [1.29, 1.82) is 0 Å². The molecule has 0 saturated carbocycles. The average Bonchev–Trinajstić information content (AvgIpc) is 2.65. The van der Waals surface area contributed by atoms with Crippen molar-refractivity contribution in [3.8, 4) is 11.5 Å². The largest absolute Gasteiger partial charge is 0.494 e. The van der Waals surface area contributed by atoms with E-state index >= 15 is 0 Å². The molecular weight excluding hydrogens is 364 g/mol. The average molecular weight is 389 g/mol. The molecule has 27 heavy (non-hydrogen) atoms. The van der Waals surface area contributed by atoms with Crippen LogP contribution in [0.2, 0.25) is 5.02 Å². The number of carbonyl (C=O) groups is 1. The Morgan fingerprint density at radius 1 is 1.19 bits per heavy atom. The molecule has 0 bridgehead atoms. The Balaban J connectivity index is 1.88. The molecule has 1 atom stereocenters. The van der Waals surface area contributed by atoms with E-state index in [1.165, 1.54) is 0 Å². The van der Waals surface area contributed by atoms with Gasteiger partial charge in [-0.3, -0.25) is 4.79 Å². The van der Waals surface area contributed by atoms with Crippen LogP contribution in [0.5, 0.6) is 11.5 Å². The zero-order chi connectivity index (χ0) is 19.8. The Morgan fingerprint density at radius 2 is 1.81 bits per heavy atom. The predicted molar refractivity (Wildman–Crippen MR) is 109 cm³/mol. The summed E-state index contributed by atoms with van der Waals surface area (Å²) in [5, 5.41) is 4.68. The van der Waals surface area contributed by atoms with Crippen LogP contribution in [-0.4, -0.2) is 24.8 Å². The van der Waals surface area contributed by atoms with Crippen molar-refractivity contribution < 1.29 is 14.3 Å². The maximum atomic E-state index is 12.2. The van der Waals surface area contributed by atoms with Crippen LogP contribution in [0.25, 0.3) is 0 Å². The third-order valence-corrected chi connectivity index (χ3v) is 4.43. The van der Waals surface area contributed by atoms with E-state index in [0.717, 1.165) is 28.9 Å². The number of aryl methyl sites for hydroxylation is 2. The lowest BCUT2D eigenvalue weighted by molar-refractivity contribution is -0.127. The topological polar surface area (TPSA) is 59.9 Å². The van der Waals surface area contributed by atoms with Crippen molar-refractivity contribution in [2.24, 2.45) is 5.10 Å². The maximum absolute atomic E-state index is 12.2. The summed E-state index contributed by atoms with van der Waals surface area (Å²) < 4.78 is 11.2. The van der Waals surface area contributed by atoms with Gasteiger partial charge in [0.2, 0.25) is 0 Å². The zero-order valence-electron chi connectivity index (χ0n) is 16.1. The Morgan fingerprint density at radius 3 is 2.41 bits per heavy atom. The molecule has 2 aromatic rings. The fourth-order valence-electron chi connectivity index (χ4n) is 2.36. The van der Waals surface area contributed by atoms with Crippen LogP contribution in [0.4, 0.5) is 0 Å². The molecule has 0 aliphatic rings. The highest BCUT2D eigenvalue weighted by Gasteiger charge is 2.15. The van der Waals surface area contributed by atoms with Crippen molar-refractivity contribution in [3.05, 3.63) is 58.1 Å². The second kappa shape index (κ2) is 9.97. The summed E-state index contributed by atoms with van der Waals surface area (Å²) in [5.74, 6) is 1.08. The maximum Gasteiger partial charge on any atom is 0.280 e. The number of rotatable bonds is 8. The van der Waals surface area contributed by atoms with E-state index in [2.05, 4.69) is 17.5 Å². The Kier molecular flexibility index (Phi) is 7.67. The number of nitrogens with zero attached hydrogens (tertiary/aromatic N) is 1. The van der Waals surface area contributed by atoms with Crippen molar-refractivity contribution in [2.75, 3.05) is 6.61 Å². The van der Waals surface area contributed by atoms with Gasteiger partial charge in [0.1, 0.15) is 11.5 Å². The first kappa shape index (κ1) is 20.8. The summed E-state index contributed by atoms with van der Waals surface area (Å²) in [7, 11) is 0. The quantitative estimate of drug-likeness (QED) is 0.528. The smallest absolute Gasteiger partial charge is 0.280 e. The number of benzene rings is 2. The molecule has 0 aliphatic carbocycles. The van der Waals surface area contributed by atoms with Gasteiger partial charge < -0.3 is 9.47 Å². The number of hydrogen-bond acceptors (Lipinski definition) is 4. The van der Waals surface area contributed by atoms with Crippen LogP contribution in [0, 0.1) is 13.8 Å². The van der Waals surface area contributed by atoms with E-state index in [-0.39, 0.29) is 5.91 Å². The summed E-state index contributed by atoms with van der Waals surface area (Å²) in [6, 6.07) is 11.1. The van der Waals surface area contributed by atoms with E-state index in [4.69, 9.17) is 21.1 Å². The predicted octanol–water partition coefficient (Wildman–Crippen LogP) is 4.66. The zero-order valence-corrected chi connectivity index (χ0v) is 16.8. The number of nitrogens with one attached hydrogen (secondary N) is 1. The molecule has 2 aromatic carbocycles. The lowest BCUT2D eigenvalue weighted by Gasteiger charge is -2.14. The molecule has 5 nitrogen and oxygen atoms in total. The number of carbonyl (C=O) groups excluding carboxylic acids is 1. The Labute approximate surface area is 165 Å². The van der Waals surface area contributed by atoms with Crippen LogP contribution >= 0.6 is 11.6 Å². The molecule has 1 unspecified atom stereocenters. The minimum atomic E-state index is -0.688. The molecular formula is C21H25ClN2O3. The van der Waals surface area contributed by atoms with Crippen LogP contribution in [0.1, 0.15) is 37.0 Å². The summed E-state index contributed by atoms with van der Waals surface area (Å²) in [4.78, 5) is 12.2. The van der Waals surface area contributed by atoms with E-state index in [1.54, 1.807) is 13.1 Å². The molecule has 0 aliphatic heterocycles. The summed E-state index contributed by atoms with van der Waals surface area (Å²) >= 11 is 6.15. The van der Waals surface area contributed by atoms with Crippen molar-refractivity contribution in [2.45, 2.75) is 40.2 Å². The van der Waals surface area contributed by atoms with Gasteiger partial charge in [-0.1, -0.05) is 18.5 Å². The molecule has 0 fully saturated rings. The lowest BCUT2D eigenvalue weighted by atomic mass is 10.1. The normalized spacial score (nSPS) is 12.0. The van der Waals surface area contributed by atoms with Gasteiger partial charge in [-0.25, -0.2) is 5.43 Å². The number of hydrazone groups is 1. The minimum Gasteiger partial charge on any atom is -0.494 e. The van der Waals surface area contributed by atoms with E-state index in [9.17, 15) is 4.79 Å². The molecule has 6 heteroatoms. The van der Waals surface area contributed by atoms with E-state index < -0.39 is 6.10 Å². The first-order valence-corrected chi connectivity index (χ1v) is 9.27. The van der Waals surface area contributed by atoms with Gasteiger partial charge in [-0.2, -0.15) is 5.10 Å². The Hall–Kier alpha value is -2.53. The van der Waals surface area contributed by atoms with Gasteiger partial charge in [0.15, 0.2) is 6.10 Å². The first-order chi connectivity index (χ1) is 12.9. The molecule has 2 rings (SSSR count). The van der Waals surface area contributed by atoms with Crippen molar-refractivity contribution in [3.63, 3.8) is 0 Å². The van der Waals surface area contributed by atoms with Crippen molar-refractivity contribution in [1.82, 2.24) is 5.43 Å². The standard InChI is InChI=1S/C21H25ClN2O3/c1-5-10-26-18-8-6-17(7-9-18)13-23-24-21(25)16(4)27-19-11-14(2)20(22)15(3)12-19/h6-9,11-13,16H,5,10H2,1-4H3,(H,24,25)/b23-13+. The molecule has 1 N–H and O–H groups in total. The molecule has 1 amide bonds. The van der Waals surface area contributed by atoms with E-state index in [0.29, 0.717) is 17.4 Å². The number of hydrogen-bond donors (Lipinski definition) is 1. The SMILES string of the molecule is CCCOc1ccc(/C=N/NC(=O)C(C)Oc2cc(C)c(Cl)c(C)c2)cc1. The second-order valence-corrected chi connectivity index (χ2v) is 6.66. The minimum absolute atomic E-state index is 0.334. The summed E-state index contributed by atoms with van der Waals surface area (Å²) in [6.45, 7) is 8.22. The monoisotopic (exact) mass is 388 g/mol. The molecule has 0 heterocycles. The van der Waals surface area contributed by atoms with Crippen LogP contribution in [0.15, 0.2) is 41.5 Å². The number of ether oxygens (including phenoxy) is 2. The summed E-state index contributed by atoms with van der Waals surface area (Å²) in [6.07, 6.45) is 1.85. The van der Waals surface area contributed by atoms with Gasteiger partial charge in [-0.05, 0) is 80.3 Å². The molecule has 144 valence electrons. The molecule has 0 aromatic heterocycles. The van der Waals surface area contributed by atoms with Crippen LogP contribution in [0.3, 0.4) is 0 Å². The third kappa shape index (κ3) is 6.29. The van der Waals surface area contributed by atoms with E-state index in [1.807, 2.05) is 50.2 Å². The van der Waals surface area contributed by atoms with Gasteiger partial charge in [0, 0.05) is 5.02 Å². The second-order valence-electron chi connectivity index (χ2n) is 6.28. The van der Waals surface area contributed by atoms with Gasteiger partial charge >= 0.3 is 0 Å². The fraction of sp³-hybridized carbons (Fsp3) is 0.333. The lowest BCUT2D eigenvalue weighted by Crippen LogP contribution is -2.33. The first-order valence-electron chi connectivity index (χ1n) is 8.90. The third-order valence-electron chi connectivity index (χ3n) is 3.83. The highest BCUT2D eigenvalue weighted by molar-refractivity contribution is 6.32. The number of amides is 1. The number of halogens is 1. The van der Waals surface area contributed by atoms with Gasteiger partial charge in [0.25, 0.3) is 5.91 Å². The summed E-state index contributed by atoms with van der Waals surface area (Å²) in [5.41, 5.74) is 5.16. The molecule has 0 saturated heterocycles. The van der Waals surface area contributed by atoms with Gasteiger partial charge in [-0.15, -0.1) is 0 Å². The highest BCUT2D eigenvalue weighted by atomic mass is 35.5.